The van der Waals surface area contributed by atoms with E-state index >= 15 is 0 Å². The zero-order valence-corrected chi connectivity index (χ0v) is 14.5. The van der Waals surface area contributed by atoms with Crippen molar-refractivity contribution >= 4 is 21.4 Å². The number of hydrogen-bond acceptors (Lipinski definition) is 4. The normalized spacial score (nSPS) is 24.2. The van der Waals surface area contributed by atoms with Gasteiger partial charge >= 0.3 is 0 Å². The first-order chi connectivity index (χ1) is 9.79. The number of thiophene rings is 1. The fourth-order valence-corrected chi connectivity index (χ4v) is 5.54. The van der Waals surface area contributed by atoms with Gasteiger partial charge in [-0.3, -0.25) is 0 Å². The summed E-state index contributed by atoms with van der Waals surface area (Å²) in [6, 6.07) is 0.586. The molecule has 2 N–H and O–H groups in total. The molecule has 118 valence electrons. The number of aryl methyl sites for hydroxylation is 1. The molecule has 0 saturated heterocycles. The van der Waals surface area contributed by atoms with E-state index in [4.69, 9.17) is 0 Å². The Hall–Kier alpha value is -0.430. The minimum atomic E-state index is -3.39. The number of hydrogen-bond donors (Lipinski definition) is 2. The van der Waals surface area contributed by atoms with Gasteiger partial charge in [0.05, 0.1) is 0 Å². The lowest BCUT2D eigenvalue weighted by Gasteiger charge is -2.10. The van der Waals surface area contributed by atoms with Gasteiger partial charge < -0.3 is 5.32 Å². The molecule has 0 aromatic carbocycles. The van der Waals surface area contributed by atoms with E-state index in [2.05, 4.69) is 23.9 Å². The highest BCUT2D eigenvalue weighted by Gasteiger charge is 2.45. The summed E-state index contributed by atoms with van der Waals surface area (Å²) in [6.45, 7) is 7.47. The molecule has 2 aliphatic rings. The van der Waals surface area contributed by atoms with Crippen molar-refractivity contribution in [1.82, 2.24) is 10.0 Å². The second-order valence-corrected chi connectivity index (χ2v) is 9.74. The van der Waals surface area contributed by atoms with Crippen molar-refractivity contribution in [2.24, 2.45) is 11.3 Å². The Labute approximate surface area is 131 Å². The first-order valence-corrected chi connectivity index (χ1v) is 9.96. The summed E-state index contributed by atoms with van der Waals surface area (Å²) in [5, 5.41) is 5.35. The van der Waals surface area contributed by atoms with Crippen LogP contribution in [0.2, 0.25) is 0 Å². The quantitative estimate of drug-likeness (QED) is 0.809. The molecule has 6 heteroatoms. The molecular weight excluding hydrogens is 304 g/mol. The Balaban J connectivity index is 1.69. The van der Waals surface area contributed by atoms with Gasteiger partial charge in [0.25, 0.3) is 0 Å². The van der Waals surface area contributed by atoms with Gasteiger partial charge in [0.2, 0.25) is 10.0 Å². The van der Waals surface area contributed by atoms with Crippen LogP contribution in [0.4, 0.5) is 0 Å². The predicted molar refractivity (Wildman–Crippen MR) is 86.0 cm³/mol. The molecule has 0 radical (unpaired) electrons. The van der Waals surface area contributed by atoms with Crippen LogP contribution >= 0.6 is 11.3 Å². The number of rotatable bonds is 7. The first kappa shape index (κ1) is 15.5. The average molecular weight is 329 g/mol. The molecule has 0 aliphatic heterocycles. The van der Waals surface area contributed by atoms with Crippen molar-refractivity contribution in [2.75, 3.05) is 6.54 Å². The molecule has 1 atom stereocenters. The molecule has 0 bridgehead atoms. The van der Waals surface area contributed by atoms with E-state index in [0.29, 0.717) is 35.4 Å². The molecule has 2 fully saturated rings. The van der Waals surface area contributed by atoms with E-state index in [0.717, 1.165) is 16.9 Å². The van der Waals surface area contributed by atoms with Crippen LogP contribution in [0.25, 0.3) is 0 Å². The van der Waals surface area contributed by atoms with E-state index in [9.17, 15) is 8.42 Å². The molecular formula is C15H24N2O2S2. The van der Waals surface area contributed by atoms with Gasteiger partial charge in [-0.25, -0.2) is 13.1 Å². The summed E-state index contributed by atoms with van der Waals surface area (Å²) in [5.41, 5.74) is 1.15. The summed E-state index contributed by atoms with van der Waals surface area (Å²) in [7, 11) is -3.39. The summed E-state index contributed by atoms with van der Waals surface area (Å²) in [4.78, 5) is 1.43. The maximum Gasteiger partial charge on any atom is 0.241 e. The largest absolute Gasteiger partial charge is 0.309 e. The third kappa shape index (κ3) is 3.50. The lowest BCUT2D eigenvalue weighted by atomic mass is 10.1. The topological polar surface area (TPSA) is 58.2 Å². The Morgan fingerprint density at radius 2 is 2.05 bits per heavy atom. The van der Waals surface area contributed by atoms with Crippen LogP contribution in [0.1, 0.15) is 43.6 Å². The van der Waals surface area contributed by atoms with Crippen molar-refractivity contribution in [3.8, 4) is 0 Å². The predicted octanol–water partition coefficient (Wildman–Crippen LogP) is 2.63. The van der Waals surface area contributed by atoms with Crippen LogP contribution < -0.4 is 10.0 Å². The van der Waals surface area contributed by atoms with Crippen molar-refractivity contribution in [3.63, 3.8) is 0 Å². The number of sulfonamides is 1. The molecule has 0 amide bonds. The Morgan fingerprint density at radius 3 is 2.62 bits per heavy atom. The SMILES string of the molecule is Cc1csc(CNC2CC2)c1S(=O)(=O)NCC1CC1(C)C. The Morgan fingerprint density at radius 1 is 1.38 bits per heavy atom. The fourth-order valence-electron chi connectivity index (χ4n) is 2.70. The van der Waals surface area contributed by atoms with Crippen molar-refractivity contribution in [1.29, 1.82) is 0 Å². The summed E-state index contributed by atoms with van der Waals surface area (Å²) < 4.78 is 28.0. The smallest absolute Gasteiger partial charge is 0.241 e. The Kier molecular flexibility index (Phi) is 3.93. The maximum atomic E-state index is 12.6. The van der Waals surface area contributed by atoms with Gasteiger partial charge in [0.15, 0.2) is 0 Å². The van der Waals surface area contributed by atoms with Crippen LogP contribution in [0.3, 0.4) is 0 Å². The highest BCUT2D eigenvalue weighted by atomic mass is 32.2. The highest BCUT2D eigenvalue weighted by molar-refractivity contribution is 7.89. The third-order valence-electron chi connectivity index (χ3n) is 4.62. The van der Waals surface area contributed by atoms with Gasteiger partial charge in [0, 0.05) is 24.0 Å². The third-order valence-corrected chi connectivity index (χ3v) is 7.51. The van der Waals surface area contributed by atoms with Gasteiger partial charge in [-0.1, -0.05) is 13.8 Å². The Bertz CT molecular complexity index is 630. The van der Waals surface area contributed by atoms with Crippen LogP contribution in [0.15, 0.2) is 10.3 Å². The average Bonchev–Trinajstić information content (AvgIpc) is 3.27. The summed E-state index contributed by atoms with van der Waals surface area (Å²) in [5.74, 6) is 0.472. The lowest BCUT2D eigenvalue weighted by Crippen LogP contribution is -2.28. The molecule has 2 saturated carbocycles. The first-order valence-electron chi connectivity index (χ1n) is 7.59. The highest BCUT2D eigenvalue weighted by Crippen LogP contribution is 2.51. The van der Waals surface area contributed by atoms with E-state index in [1.54, 1.807) is 11.3 Å². The minimum Gasteiger partial charge on any atom is -0.309 e. The van der Waals surface area contributed by atoms with Crippen LogP contribution in [0, 0.1) is 18.3 Å². The molecule has 4 nitrogen and oxygen atoms in total. The summed E-state index contributed by atoms with van der Waals surface area (Å²) in [6.07, 6.45) is 3.52. The van der Waals surface area contributed by atoms with Gasteiger partial charge in [0.1, 0.15) is 4.90 Å². The monoisotopic (exact) mass is 328 g/mol. The second kappa shape index (κ2) is 5.33. The van der Waals surface area contributed by atoms with Gasteiger partial charge in [-0.15, -0.1) is 11.3 Å². The van der Waals surface area contributed by atoms with Crippen molar-refractivity contribution in [3.05, 3.63) is 15.8 Å². The van der Waals surface area contributed by atoms with E-state index in [1.807, 2.05) is 12.3 Å². The fraction of sp³-hybridized carbons (Fsp3) is 0.733. The maximum absolute atomic E-state index is 12.6. The summed E-state index contributed by atoms with van der Waals surface area (Å²) >= 11 is 1.54. The van der Waals surface area contributed by atoms with Gasteiger partial charge in [-0.2, -0.15) is 0 Å². The molecule has 1 aromatic rings. The van der Waals surface area contributed by atoms with Crippen molar-refractivity contribution < 1.29 is 8.42 Å². The zero-order chi connectivity index (χ0) is 15.3. The van der Waals surface area contributed by atoms with Gasteiger partial charge in [-0.05, 0) is 48.5 Å². The van der Waals surface area contributed by atoms with Crippen LogP contribution in [-0.4, -0.2) is 21.0 Å². The molecule has 1 aromatic heterocycles. The van der Waals surface area contributed by atoms with Crippen LogP contribution in [0.5, 0.6) is 0 Å². The number of nitrogens with one attached hydrogen (secondary N) is 2. The van der Waals surface area contributed by atoms with E-state index in [-0.39, 0.29) is 0 Å². The van der Waals surface area contributed by atoms with E-state index in [1.165, 1.54) is 12.8 Å². The molecule has 0 spiro atoms. The standard InChI is InChI=1S/C15H24N2O2S2/c1-10-9-20-13(8-16-12-4-5-12)14(10)21(18,19)17-7-11-6-15(11,2)3/h9,11-12,16-17H,4-8H2,1-3H3. The molecule has 21 heavy (non-hydrogen) atoms. The minimum absolute atomic E-state index is 0.294. The second-order valence-electron chi connectivity index (χ2n) is 7.07. The molecule has 3 rings (SSSR count). The van der Waals surface area contributed by atoms with Crippen LogP contribution in [-0.2, 0) is 16.6 Å². The molecule has 1 unspecified atom stereocenters. The molecule has 1 heterocycles. The van der Waals surface area contributed by atoms with Crippen molar-refractivity contribution in [2.45, 2.75) is 57.5 Å². The lowest BCUT2D eigenvalue weighted by molar-refractivity contribution is 0.537. The van der Waals surface area contributed by atoms with E-state index < -0.39 is 10.0 Å². The zero-order valence-electron chi connectivity index (χ0n) is 12.9. The molecule has 2 aliphatic carbocycles.